The lowest BCUT2D eigenvalue weighted by Gasteiger charge is -2.23. The van der Waals surface area contributed by atoms with Crippen LogP contribution in [0.2, 0.25) is 0 Å². The van der Waals surface area contributed by atoms with E-state index in [0.29, 0.717) is 19.6 Å². The maximum Gasteiger partial charge on any atom is 0.0712 e. The third kappa shape index (κ3) is 4.58. The van der Waals surface area contributed by atoms with Crippen LogP contribution in [0.25, 0.3) is 0 Å². The van der Waals surface area contributed by atoms with Gasteiger partial charge in [0.15, 0.2) is 0 Å². The van der Waals surface area contributed by atoms with E-state index in [1.807, 2.05) is 11.0 Å². The van der Waals surface area contributed by atoms with E-state index in [1.165, 1.54) is 11.1 Å². The highest BCUT2D eigenvalue weighted by atomic mass is 35.5. The maximum absolute atomic E-state index is 8.96. The number of hydrogen-bond donors (Lipinski definition) is 2. The monoisotopic (exact) mass is 271 g/mol. The minimum Gasteiger partial charge on any atom is -0.395 e. The molecular weight excluding hydrogens is 250 g/mol. The summed E-state index contributed by atoms with van der Waals surface area (Å²) in [4.78, 5) is 1.97. The number of aliphatic hydroxyl groups excluding tert-OH is 2. The molecule has 1 unspecified atom stereocenters. The van der Waals surface area contributed by atoms with Crippen LogP contribution < -0.4 is 0 Å². The van der Waals surface area contributed by atoms with Gasteiger partial charge in [0, 0.05) is 19.6 Å². The first kappa shape index (κ1) is 15.4. The van der Waals surface area contributed by atoms with Crippen LogP contribution in [0.1, 0.15) is 22.1 Å². The molecule has 0 aliphatic heterocycles. The molecule has 1 rings (SSSR count). The zero-order valence-electron chi connectivity index (χ0n) is 11.1. The van der Waals surface area contributed by atoms with Crippen molar-refractivity contribution in [2.24, 2.45) is 0 Å². The van der Waals surface area contributed by atoms with Crippen molar-refractivity contribution in [3.05, 3.63) is 34.9 Å². The molecule has 0 fully saturated rings. The van der Waals surface area contributed by atoms with Crippen LogP contribution in [0.4, 0.5) is 0 Å². The highest BCUT2D eigenvalue weighted by molar-refractivity contribution is 6.21. The van der Waals surface area contributed by atoms with Gasteiger partial charge in [0.05, 0.1) is 18.6 Å². The number of alkyl halides is 1. The van der Waals surface area contributed by atoms with E-state index in [0.717, 1.165) is 5.56 Å². The molecule has 0 aliphatic rings. The molecule has 2 N–H and O–H groups in total. The molecule has 0 bridgehead atoms. The fraction of sp³-hybridized carbons (Fsp3) is 0.571. The summed E-state index contributed by atoms with van der Waals surface area (Å²) in [7, 11) is 0. The molecule has 1 aromatic rings. The van der Waals surface area contributed by atoms with Gasteiger partial charge >= 0.3 is 0 Å². The average molecular weight is 272 g/mol. The second-order valence-corrected chi connectivity index (χ2v) is 5.09. The normalized spacial score (nSPS) is 13.0. The predicted octanol–water partition coefficient (Wildman–Crippen LogP) is 1.87. The maximum atomic E-state index is 8.96. The Labute approximate surface area is 114 Å². The van der Waals surface area contributed by atoms with E-state index in [4.69, 9.17) is 21.8 Å². The summed E-state index contributed by atoms with van der Waals surface area (Å²) in [5, 5.41) is 17.8. The first-order valence-corrected chi connectivity index (χ1v) is 6.67. The molecule has 0 heterocycles. The fourth-order valence-electron chi connectivity index (χ4n) is 1.87. The molecule has 0 saturated carbocycles. The summed E-state index contributed by atoms with van der Waals surface area (Å²) in [6, 6.07) is 6.21. The summed E-state index contributed by atoms with van der Waals surface area (Å²) >= 11 is 6.39. The van der Waals surface area contributed by atoms with Gasteiger partial charge in [0.2, 0.25) is 0 Å². The Hall–Kier alpha value is -0.610. The van der Waals surface area contributed by atoms with Crippen LogP contribution in [-0.2, 0) is 0 Å². The second kappa shape index (κ2) is 7.74. The molecule has 102 valence electrons. The third-order valence-corrected chi connectivity index (χ3v) is 3.53. The van der Waals surface area contributed by atoms with Crippen LogP contribution >= 0.6 is 11.6 Å². The lowest BCUT2D eigenvalue weighted by atomic mass is 10.0. The largest absolute Gasteiger partial charge is 0.395 e. The Morgan fingerprint density at radius 2 is 1.72 bits per heavy atom. The number of benzene rings is 1. The van der Waals surface area contributed by atoms with Gasteiger partial charge in [-0.15, -0.1) is 11.6 Å². The zero-order chi connectivity index (χ0) is 13.5. The molecular formula is C14H22ClNO2. The van der Waals surface area contributed by atoms with E-state index in [2.05, 4.69) is 26.0 Å². The Kier molecular flexibility index (Phi) is 6.65. The molecule has 0 amide bonds. The van der Waals surface area contributed by atoms with E-state index < -0.39 is 0 Å². The minimum atomic E-state index is -0.123. The summed E-state index contributed by atoms with van der Waals surface area (Å²) in [6.45, 7) is 6.01. The molecule has 0 aromatic heterocycles. The van der Waals surface area contributed by atoms with Gasteiger partial charge in [-0.3, -0.25) is 4.90 Å². The smallest absolute Gasteiger partial charge is 0.0712 e. The van der Waals surface area contributed by atoms with Gasteiger partial charge in [-0.05, 0) is 30.5 Å². The van der Waals surface area contributed by atoms with E-state index >= 15 is 0 Å². The number of nitrogens with zero attached hydrogens (tertiary/aromatic N) is 1. The number of hydrogen-bond acceptors (Lipinski definition) is 3. The van der Waals surface area contributed by atoms with E-state index in [-0.39, 0.29) is 18.6 Å². The summed E-state index contributed by atoms with van der Waals surface area (Å²) in [5.41, 5.74) is 3.57. The van der Waals surface area contributed by atoms with Crippen LogP contribution in [0, 0.1) is 13.8 Å². The summed E-state index contributed by atoms with van der Waals surface area (Å²) < 4.78 is 0. The van der Waals surface area contributed by atoms with Crippen molar-refractivity contribution in [3.8, 4) is 0 Å². The van der Waals surface area contributed by atoms with Gasteiger partial charge in [0.1, 0.15) is 0 Å². The van der Waals surface area contributed by atoms with E-state index in [9.17, 15) is 0 Å². The molecule has 0 aliphatic carbocycles. The van der Waals surface area contributed by atoms with Gasteiger partial charge in [-0.2, -0.15) is 0 Å². The van der Waals surface area contributed by atoms with Crippen molar-refractivity contribution < 1.29 is 10.2 Å². The van der Waals surface area contributed by atoms with Gasteiger partial charge < -0.3 is 10.2 Å². The lowest BCUT2D eigenvalue weighted by molar-refractivity contribution is 0.161. The van der Waals surface area contributed by atoms with Crippen molar-refractivity contribution in [2.75, 3.05) is 32.8 Å². The fourth-order valence-corrected chi connectivity index (χ4v) is 2.20. The second-order valence-electron chi connectivity index (χ2n) is 4.56. The molecule has 0 spiro atoms. The van der Waals surface area contributed by atoms with Crippen molar-refractivity contribution in [1.82, 2.24) is 4.90 Å². The van der Waals surface area contributed by atoms with Crippen LogP contribution in [-0.4, -0.2) is 48.0 Å². The molecule has 1 atom stereocenters. The van der Waals surface area contributed by atoms with Gasteiger partial charge in [0.25, 0.3) is 0 Å². The van der Waals surface area contributed by atoms with Gasteiger partial charge in [-0.1, -0.05) is 18.2 Å². The number of rotatable bonds is 7. The lowest BCUT2D eigenvalue weighted by Crippen LogP contribution is -2.32. The van der Waals surface area contributed by atoms with Crippen LogP contribution in [0.15, 0.2) is 18.2 Å². The van der Waals surface area contributed by atoms with Crippen molar-refractivity contribution in [1.29, 1.82) is 0 Å². The summed E-state index contributed by atoms with van der Waals surface area (Å²) in [5.74, 6) is 0. The summed E-state index contributed by atoms with van der Waals surface area (Å²) in [6.07, 6.45) is 0. The van der Waals surface area contributed by atoms with Crippen LogP contribution in [0.3, 0.4) is 0 Å². The van der Waals surface area contributed by atoms with Gasteiger partial charge in [-0.25, -0.2) is 0 Å². The Morgan fingerprint density at radius 1 is 1.11 bits per heavy atom. The number of aryl methyl sites for hydroxylation is 2. The topological polar surface area (TPSA) is 43.7 Å². The Balaban J connectivity index is 2.67. The number of halogens is 1. The van der Waals surface area contributed by atoms with Crippen molar-refractivity contribution >= 4 is 11.6 Å². The standard InChI is InChI=1S/C14H22ClNO2/c1-11-3-4-13(9-12(11)2)14(15)10-16(5-7-17)6-8-18/h3-4,9,14,17-18H,5-8,10H2,1-2H3. The molecule has 3 nitrogen and oxygen atoms in total. The van der Waals surface area contributed by atoms with Crippen molar-refractivity contribution in [3.63, 3.8) is 0 Å². The SMILES string of the molecule is Cc1ccc(C(Cl)CN(CCO)CCO)cc1C. The predicted molar refractivity (Wildman–Crippen MR) is 75.1 cm³/mol. The molecule has 1 aromatic carbocycles. The molecule has 0 radical (unpaired) electrons. The first-order valence-electron chi connectivity index (χ1n) is 6.23. The quantitative estimate of drug-likeness (QED) is 0.744. The number of aliphatic hydroxyl groups is 2. The highest BCUT2D eigenvalue weighted by Gasteiger charge is 2.13. The first-order chi connectivity index (χ1) is 8.58. The van der Waals surface area contributed by atoms with Crippen LogP contribution in [0.5, 0.6) is 0 Å². The van der Waals surface area contributed by atoms with Crippen molar-refractivity contribution in [2.45, 2.75) is 19.2 Å². The Morgan fingerprint density at radius 3 is 2.22 bits per heavy atom. The average Bonchev–Trinajstić information content (AvgIpc) is 2.33. The Bertz CT molecular complexity index is 365. The highest BCUT2D eigenvalue weighted by Crippen LogP contribution is 2.23. The molecule has 18 heavy (non-hydrogen) atoms. The minimum absolute atomic E-state index is 0.0799. The third-order valence-electron chi connectivity index (χ3n) is 3.14. The van der Waals surface area contributed by atoms with E-state index in [1.54, 1.807) is 0 Å². The molecule has 4 heteroatoms. The zero-order valence-corrected chi connectivity index (χ0v) is 11.8. The molecule has 0 saturated heterocycles.